The largest absolute Gasteiger partial charge is 0.353 e. The molecule has 1 fully saturated rings. The Morgan fingerprint density at radius 1 is 1.29 bits per heavy atom. The summed E-state index contributed by atoms with van der Waals surface area (Å²) in [7, 11) is 0. The number of aryl methyl sites for hydroxylation is 1. The van der Waals surface area contributed by atoms with E-state index in [1.165, 1.54) is 12.4 Å². The maximum absolute atomic E-state index is 14.6. The van der Waals surface area contributed by atoms with Crippen LogP contribution in [0.5, 0.6) is 0 Å². The van der Waals surface area contributed by atoms with Gasteiger partial charge in [0, 0.05) is 18.2 Å². The highest BCUT2D eigenvalue weighted by Crippen LogP contribution is 2.40. The molecule has 1 aliphatic rings. The maximum Gasteiger partial charge on any atom is 0.254 e. The van der Waals surface area contributed by atoms with Crippen molar-refractivity contribution in [1.82, 2.24) is 19.6 Å². The highest BCUT2D eigenvalue weighted by Gasteiger charge is 2.29. The number of anilines is 1. The lowest BCUT2D eigenvalue weighted by Gasteiger charge is -2.27. The summed E-state index contributed by atoms with van der Waals surface area (Å²) >= 11 is 6.34. The summed E-state index contributed by atoms with van der Waals surface area (Å²) in [4.78, 5) is 10.9. The van der Waals surface area contributed by atoms with Crippen LogP contribution in [0.15, 0.2) is 24.5 Å². The van der Waals surface area contributed by atoms with Crippen molar-refractivity contribution in [2.75, 3.05) is 11.4 Å². The van der Waals surface area contributed by atoms with Crippen LogP contribution in [-0.2, 0) is 0 Å². The molecule has 1 aromatic carbocycles. The van der Waals surface area contributed by atoms with E-state index in [0.29, 0.717) is 33.7 Å². The molecule has 1 unspecified atom stereocenters. The van der Waals surface area contributed by atoms with E-state index in [-0.39, 0.29) is 5.82 Å². The van der Waals surface area contributed by atoms with Gasteiger partial charge >= 0.3 is 0 Å². The van der Waals surface area contributed by atoms with E-state index in [1.807, 2.05) is 6.92 Å². The Hall–Kier alpha value is -2.21. The smallest absolute Gasteiger partial charge is 0.254 e. The molecule has 1 atom stereocenters. The summed E-state index contributed by atoms with van der Waals surface area (Å²) in [5, 5.41) is 4.69. The summed E-state index contributed by atoms with van der Waals surface area (Å²) in [6.07, 6.45) is 3.64. The van der Waals surface area contributed by atoms with Crippen LogP contribution in [0.2, 0.25) is 5.02 Å². The third-order valence-corrected chi connectivity index (χ3v) is 4.94. The van der Waals surface area contributed by atoms with E-state index in [9.17, 15) is 4.39 Å². The van der Waals surface area contributed by atoms with E-state index < -0.39 is 0 Å². The fraction of sp³-hybridized carbons (Fsp3) is 0.353. The predicted octanol–water partition coefficient (Wildman–Crippen LogP) is 3.88. The fourth-order valence-corrected chi connectivity index (χ4v) is 3.73. The average Bonchev–Trinajstić information content (AvgIpc) is 3.16. The van der Waals surface area contributed by atoms with Gasteiger partial charge in [0.2, 0.25) is 0 Å². The van der Waals surface area contributed by atoms with Crippen molar-refractivity contribution in [3.05, 3.63) is 41.1 Å². The minimum Gasteiger partial charge on any atom is -0.353 e. The molecule has 0 amide bonds. The number of halogens is 2. The first-order valence-electron chi connectivity index (χ1n) is 7.99. The fourth-order valence-electron chi connectivity index (χ4n) is 3.48. The number of rotatable bonds is 2. The highest BCUT2D eigenvalue weighted by atomic mass is 35.5. The summed E-state index contributed by atoms with van der Waals surface area (Å²) in [5.41, 5.74) is 1.75. The standard InChI is InChI=1S/C17H17ClFN5/c1-10-5-4-8-23(10)16-14(15-12(18)6-3-7-13(15)19)11(2)22-17-20-9-21-24(16)17/h3,6-7,9-10H,4-5,8H2,1-2H3. The SMILES string of the molecule is Cc1nc2ncnn2c(N2CCCC2C)c1-c1c(F)cccc1Cl. The summed E-state index contributed by atoms with van der Waals surface area (Å²) in [6.45, 7) is 4.91. The lowest BCUT2D eigenvalue weighted by molar-refractivity contribution is 0.630. The lowest BCUT2D eigenvalue weighted by atomic mass is 10.0. The van der Waals surface area contributed by atoms with Gasteiger partial charge in [-0.15, -0.1) is 0 Å². The molecule has 0 saturated carbocycles. The zero-order chi connectivity index (χ0) is 16.8. The number of benzene rings is 1. The van der Waals surface area contributed by atoms with Crippen LogP contribution in [0.4, 0.5) is 10.2 Å². The molecule has 0 bridgehead atoms. The molecular weight excluding hydrogens is 329 g/mol. The van der Waals surface area contributed by atoms with Crippen LogP contribution < -0.4 is 4.90 Å². The molecule has 0 aliphatic carbocycles. The zero-order valence-corrected chi connectivity index (χ0v) is 14.3. The second-order valence-electron chi connectivity index (χ2n) is 6.15. The first-order valence-corrected chi connectivity index (χ1v) is 8.37. The molecule has 2 aromatic heterocycles. The zero-order valence-electron chi connectivity index (χ0n) is 13.5. The van der Waals surface area contributed by atoms with Gasteiger partial charge in [0.1, 0.15) is 18.0 Å². The Kier molecular flexibility index (Phi) is 3.64. The van der Waals surface area contributed by atoms with E-state index in [0.717, 1.165) is 25.2 Å². The Morgan fingerprint density at radius 3 is 2.83 bits per heavy atom. The third-order valence-electron chi connectivity index (χ3n) is 4.62. The van der Waals surface area contributed by atoms with Crippen LogP contribution in [-0.4, -0.2) is 32.2 Å². The topological polar surface area (TPSA) is 46.3 Å². The molecule has 5 nitrogen and oxygen atoms in total. The second kappa shape index (κ2) is 5.70. The van der Waals surface area contributed by atoms with E-state index >= 15 is 0 Å². The number of fused-ring (bicyclic) bond motifs is 1. The number of hydrogen-bond acceptors (Lipinski definition) is 4. The van der Waals surface area contributed by atoms with E-state index in [4.69, 9.17) is 11.6 Å². The molecule has 3 heterocycles. The van der Waals surface area contributed by atoms with Crippen LogP contribution in [0.3, 0.4) is 0 Å². The van der Waals surface area contributed by atoms with Gasteiger partial charge in [0.15, 0.2) is 0 Å². The van der Waals surface area contributed by atoms with Gasteiger partial charge < -0.3 is 4.90 Å². The molecular formula is C17H17ClFN5. The van der Waals surface area contributed by atoms with Crippen LogP contribution in [0.25, 0.3) is 16.9 Å². The van der Waals surface area contributed by atoms with E-state index in [1.54, 1.807) is 16.6 Å². The van der Waals surface area contributed by atoms with Crippen molar-refractivity contribution < 1.29 is 4.39 Å². The molecule has 1 saturated heterocycles. The Labute approximate surface area is 144 Å². The predicted molar refractivity (Wildman–Crippen MR) is 92.0 cm³/mol. The quantitative estimate of drug-likeness (QED) is 0.707. The van der Waals surface area contributed by atoms with Gasteiger partial charge in [0.05, 0.1) is 16.3 Å². The number of hydrogen-bond donors (Lipinski definition) is 0. The molecule has 4 rings (SSSR count). The van der Waals surface area contributed by atoms with Crippen molar-refractivity contribution in [2.45, 2.75) is 32.7 Å². The van der Waals surface area contributed by atoms with Gasteiger partial charge in [-0.3, -0.25) is 0 Å². The Balaban J connectivity index is 2.09. The van der Waals surface area contributed by atoms with Gasteiger partial charge in [-0.05, 0) is 38.8 Å². The van der Waals surface area contributed by atoms with Gasteiger partial charge in [-0.2, -0.15) is 14.6 Å². The van der Waals surface area contributed by atoms with Gasteiger partial charge in [-0.25, -0.2) is 9.37 Å². The minimum absolute atomic E-state index is 0.337. The number of nitrogens with zero attached hydrogens (tertiary/aromatic N) is 5. The summed E-state index contributed by atoms with van der Waals surface area (Å²) in [5.74, 6) is 0.963. The van der Waals surface area contributed by atoms with Gasteiger partial charge in [0.25, 0.3) is 5.78 Å². The van der Waals surface area contributed by atoms with Crippen LogP contribution >= 0.6 is 11.6 Å². The van der Waals surface area contributed by atoms with Crippen molar-refractivity contribution in [3.63, 3.8) is 0 Å². The molecule has 3 aromatic rings. The molecule has 24 heavy (non-hydrogen) atoms. The molecule has 0 N–H and O–H groups in total. The van der Waals surface area contributed by atoms with Crippen LogP contribution in [0, 0.1) is 12.7 Å². The Bertz CT molecular complexity index is 902. The highest BCUT2D eigenvalue weighted by molar-refractivity contribution is 6.33. The molecule has 7 heteroatoms. The van der Waals surface area contributed by atoms with Crippen molar-refractivity contribution in [2.24, 2.45) is 0 Å². The Morgan fingerprint density at radius 2 is 2.12 bits per heavy atom. The lowest BCUT2D eigenvalue weighted by Crippen LogP contribution is -2.29. The second-order valence-corrected chi connectivity index (χ2v) is 6.56. The van der Waals surface area contributed by atoms with Gasteiger partial charge in [-0.1, -0.05) is 17.7 Å². The minimum atomic E-state index is -0.361. The molecule has 0 spiro atoms. The van der Waals surface area contributed by atoms with E-state index in [2.05, 4.69) is 26.9 Å². The van der Waals surface area contributed by atoms with Crippen molar-refractivity contribution in [3.8, 4) is 11.1 Å². The van der Waals surface area contributed by atoms with Crippen molar-refractivity contribution >= 4 is 23.2 Å². The molecule has 1 aliphatic heterocycles. The van der Waals surface area contributed by atoms with Crippen molar-refractivity contribution in [1.29, 1.82) is 0 Å². The first kappa shape index (κ1) is 15.3. The maximum atomic E-state index is 14.6. The summed E-state index contributed by atoms with van der Waals surface area (Å²) < 4.78 is 16.3. The first-order chi connectivity index (χ1) is 11.6. The third kappa shape index (κ3) is 2.24. The number of aromatic nitrogens is 4. The molecule has 124 valence electrons. The average molecular weight is 346 g/mol. The monoisotopic (exact) mass is 345 g/mol. The summed E-state index contributed by atoms with van der Waals surface area (Å²) in [6, 6.07) is 5.06. The normalized spacial score (nSPS) is 17.8. The van der Waals surface area contributed by atoms with Crippen LogP contribution in [0.1, 0.15) is 25.5 Å². The molecule has 0 radical (unpaired) electrons.